The molecule has 224 valence electrons. The van der Waals surface area contributed by atoms with Gasteiger partial charge in [-0.1, -0.05) is 152 Å². The van der Waals surface area contributed by atoms with Crippen molar-refractivity contribution in [2.45, 2.75) is 5.41 Å². The summed E-state index contributed by atoms with van der Waals surface area (Å²) in [5.41, 5.74) is 12.4. The third-order valence-corrected chi connectivity index (χ3v) is 9.38. The highest BCUT2D eigenvalue weighted by Gasteiger charge is 2.46. The minimum Gasteiger partial charge on any atom is -0.423 e. The predicted octanol–water partition coefficient (Wildman–Crippen LogP) is 8.87. The molecular formula is C43H32BNO2. The standard InChI is InChI=1S/C43H32BNO2/c46-44(47)34-24-26-35(27-25-34)45(42-23-13-11-20-37(42)31-14-4-1-5-15-31)36-28-29-39-38-21-10-12-22-40(38)43(41(39)30-36,32-16-6-2-7-17-32)33-18-8-3-9-19-33/h1-30,46-47H. The summed E-state index contributed by atoms with van der Waals surface area (Å²) >= 11 is 0. The van der Waals surface area contributed by atoms with Crippen LogP contribution in [0.5, 0.6) is 0 Å². The highest BCUT2D eigenvalue weighted by molar-refractivity contribution is 6.58. The number of hydrogen-bond donors (Lipinski definition) is 2. The molecule has 0 unspecified atom stereocenters. The molecule has 0 aromatic heterocycles. The van der Waals surface area contributed by atoms with E-state index in [1.807, 2.05) is 18.2 Å². The van der Waals surface area contributed by atoms with Crippen molar-refractivity contribution >= 4 is 29.6 Å². The van der Waals surface area contributed by atoms with E-state index in [-0.39, 0.29) is 0 Å². The molecule has 47 heavy (non-hydrogen) atoms. The maximum absolute atomic E-state index is 9.89. The zero-order chi connectivity index (χ0) is 31.8. The molecule has 0 radical (unpaired) electrons. The summed E-state index contributed by atoms with van der Waals surface area (Å²) < 4.78 is 0. The van der Waals surface area contributed by atoms with Gasteiger partial charge < -0.3 is 14.9 Å². The quantitative estimate of drug-likeness (QED) is 0.179. The first-order valence-electron chi connectivity index (χ1n) is 15.9. The maximum atomic E-state index is 9.89. The average Bonchev–Trinajstić information content (AvgIpc) is 3.44. The molecule has 2 N–H and O–H groups in total. The van der Waals surface area contributed by atoms with Crippen molar-refractivity contribution in [1.82, 2.24) is 0 Å². The van der Waals surface area contributed by atoms with E-state index in [0.717, 1.165) is 28.2 Å². The van der Waals surface area contributed by atoms with Crippen molar-refractivity contribution in [3.05, 3.63) is 204 Å². The van der Waals surface area contributed by atoms with E-state index in [9.17, 15) is 10.0 Å². The molecule has 0 aliphatic heterocycles. The summed E-state index contributed by atoms with van der Waals surface area (Å²) in [6.07, 6.45) is 0. The van der Waals surface area contributed by atoms with E-state index in [4.69, 9.17) is 0 Å². The van der Waals surface area contributed by atoms with Gasteiger partial charge in [0.05, 0.1) is 11.1 Å². The molecule has 7 aromatic carbocycles. The first kappa shape index (κ1) is 28.8. The fraction of sp³-hybridized carbons (Fsp3) is 0.0233. The maximum Gasteiger partial charge on any atom is 0.488 e. The monoisotopic (exact) mass is 605 g/mol. The Labute approximate surface area is 275 Å². The van der Waals surface area contributed by atoms with Crippen LogP contribution in [0, 0.1) is 0 Å². The van der Waals surface area contributed by atoms with Gasteiger partial charge >= 0.3 is 7.12 Å². The summed E-state index contributed by atoms with van der Waals surface area (Å²) in [6, 6.07) is 63.6. The molecule has 0 atom stereocenters. The van der Waals surface area contributed by atoms with Crippen molar-refractivity contribution in [1.29, 1.82) is 0 Å². The first-order chi connectivity index (χ1) is 23.2. The van der Waals surface area contributed by atoms with Gasteiger partial charge in [0.25, 0.3) is 0 Å². The highest BCUT2D eigenvalue weighted by atomic mass is 16.4. The third kappa shape index (κ3) is 4.78. The van der Waals surface area contributed by atoms with E-state index in [1.54, 1.807) is 12.1 Å². The van der Waals surface area contributed by atoms with E-state index in [2.05, 4.69) is 157 Å². The van der Waals surface area contributed by atoms with Crippen LogP contribution in [0.3, 0.4) is 0 Å². The average molecular weight is 606 g/mol. The van der Waals surface area contributed by atoms with E-state index < -0.39 is 12.5 Å². The largest absolute Gasteiger partial charge is 0.488 e. The first-order valence-corrected chi connectivity index (χ1v) is 15.9. The van der Waals surface area contributed by atoms with Crippen LogP contribution >= 0.6 is 0 Å². The molecule has 0 saturated heterocycles. The van der Waals surface area contributed by atoms with Crippen molar-refractivity contribution in [2.24, 2.45) is 0 Å². The van der Waals surface area contributed by atoms with Gasteiger partial charge in [0.15, 0.2) is 0 Å². The van der Waals surface area contributed by atoms with Gasteiger partial charge in [-0.2, -0.15) is 0 Å². The van der Waals surface area contributed by atoms with Crippen LogP contribution in [0.2, 0.25) is 0 Å². The Balaban J connectivity index is 1.42. The van der Waals surface area contributed by atoms with E-state index in [1.165, 1.54) is 33.4 Å². The molecule has 8 rings (SSSR count). The predicted molar refractivity (Wildman–Crippen MR) is 194 cm³/mol. The van der Waals surface area contributed by atoms with Crippen LogP contribution in [0.4, 0.5) is 17.1 Å². The van der Waals surface area contributed by atoms with Crippen LogP contribution < -0.4 is 10.4 Å². The second-order valence-electron chi connectivity index (χ2n) is 11.9. The summed E-state index contributed by atoms with van der Waals surface area (Å²) in [7, 11) is -1.54. The van der Waals surface area contributed by atoms with Crippen molar-refractivity contribution in [2.75, 3.05) is 4.90 Å². The Morgan fingerprint density at radius 3 is 1.57 bits per heavy atom. The lowest BCUT2D eigenvalue weighted by Gasteiger charge is -2.35. The molecule has 7 aromatic rings. The smallest absolute Gasteiger partial charge is 0.423 e. The summed E-state index contributed by atoms with van der Waals surface area (Å²) in [5, 5.41) is 19.8. The molecule has 0 fully saturated rings. The highest BCUT2D eigenvalue weighted by Crippen LogP contribution is 2.57. The minimum atomic E-state index is -1.54. The molecule has 4 heteroatoms. The lowest BCUT2D eigenvalue weighted by atomic mass is 9.67. The Morgan fingerprint density at radius 2 is 0.936 bits per heavy atom. The molecule has 0 spiro atoms. The molecule has 0 saturated carbocycles. The van der Waals surface area contributed by atoms with Crippen LogP contribution in [-0.4, -0.2) is 17.2 Å². The fourth-order valence-electron chi connectivity index (χ4n) is 7.32. The van der Waals surface area contributed by atoms with Crippen LogP contribution in [-0.2, 0) is 5.41 Å². The van der Waals surface area contributed by atoms with Crippen LogP contribution in [0.15, 0.2) is 182 Å². The number of nitrogens with zero attached hydrogens (tertiary/aromatic N) is 1. The van der Waals surface area contributed by atoms with Gasteiger partial charge in [-0.05, 0) is 74.7 Å². The van der Waals surface area contributed by atoms with Crippen LogP contribution in [0.1, 0.15) is 22.3 Å². The van der Waals surface area contributed by atoms with E-state index in [0.29, 0.717) is 5.46 Å². The normalized spacial score (nSPS) is 12.6. The summed E-state index contributed by atoms with van der Waals surface area (Å²) in [6.45, 7) is 0. The second kappa shape index (κ2) is 11.9. The van der Waals surface area contributed by atoms with Crippen molar-refractivity contribution < 1.29 is 10.0 Å². The number of rotatable bonds is 7. The van der Waals surface area contributed by atoms with Gasteiger partial charge in [-0.3, -0.25) is 0 Å². The minimum absolute atomic E-state index is 0.446. The van der Waals surface area contributed by atoms with E-state index >= 15 is 0 Å². The number of para-hydroxylation sites is 1. The van der Waals surface area contributed by atoms with Gasteiger partial charge in [-0.15, -0.1) is 0 Å². The summed E-state index contributed by atoms with van der Waals surface area (Å²) in [5.74, 6) is 0. The molecule has 0 heterocycles. The number of fused-ring (bicyclic) bond motifs is 3. The molecule has 1 aliphatic rings. The van der Waals surface area contributed by atoms with Crippen molar-refractivity contribution in [3.8, 4) is 22.3 Å². The Morgan fingerprint density at radius 1 is 0.426 bits per heavy atom. The molecular weight excluding hydrogens is 573 g/mol. The lowest BCUT2D eigenvalue weighted by Crippen LogP contribution is -2.29. The topological polar surface area (TPSA) is 43.7 Å². The lowest BCUT2D eigenvalue weighted by molar-refractivity contribution is 0.426. The number of hydrogen-bond acceptors (Lipinski definition) is 3. The molecule has 0 amide bonds. The van der Waals surface area contributed by atoms with Gasteiger partial charge in [0, 0.05) is 16.9 Å². The number of benzene rings is 7. The summed E-state index contributed by atoms with van der Waals surface area (Å²) in [4.78, 5) is 2.28. The molecule has 3 nitrogen and oxygen atoms in total. The Kier molecular flexibility index (Phi) is 7.30. The van der Waals surface area contributed by atoms with Gasteiger partial charge in [0.1, 0.15) is 0 Å². The van der Waals surface area contributed by atoms with Crippen LogP contribution in [0.25, 0.3) is 22.3 Å². The van der Waals surface area contributed by atoms with Crippen molar-refractivity contribution in [3.63, 3.8) is 0 Å². The zero-order valence-corrected chi connectivity index (χ0v) is 25.7. The zero-order valence-electron chi connectivity index (χ0n) is 25.7. The molecule has 1 aliphatic carbocycles. The fourth-order valence-corrected chi connectivity index (χ4v) is 7.32. The Bertz CT molecular complexity index is 2130. The molecule has 0 bridgehead atoms. The van der Waals surface area contributed by atoms with Gasteiger partial charge in [0.2, 0.25) is 0 Å². The SMILES string of the molecule is OB(O)c1ccc(N(c2ccc3c(c2)C(c2ccccc2)(c2ccccc2)c2ccccc2-3)c2ccccc2-c2ccccc2)cc1. The number of anilines is 3. The Hall–Kier alpha value is -5.68. The van der Waals surface area contributed by atoms with Gasteiger partial charge in [-0.25, -0.2) is 0 Å². The second-order valence-corrected chi connectivity index (χ2v) is 11.9. The third-order valence-electron chi connectivity index (χ3n) is 9.38.